The van der Waals surface area contributed by atoms with E-state index in [1.54, 1.807) is 6.07 Å². The van der Waals surface area contributed by atoms with Crippen LogP contribution in [0.15, 0.2) is 12.1 Å². The van der Waals surface area contributed by atoms with Gasteiger partial charge in [-0.1, -0.05) is 17.7 Å². The number of nitrogens with one attached hydrogen (secondary N) is 1. The summed E-state index contributed by atoms with van der Waals surface area (Å²) in [7, 11) is -3.55. The number of benzene rings is 1. The molecule has 1 aromatic carbocycles. The number of hydrogen-bond acceptors (Lipinski definition) is 3. The Morgan fingerprint density at radius 1 is 1.26 bits per heavy atom. The second-order valence-electron chi connectivity index (χ2n) is 6.80. The Hall–Kier alpha value is -1.27. The van der Waals surface area contributed by atoms with Gasteiger partial charge in [0.15, 0.2) is 0 Å². The number of amides is 1. The van der Waals surface area contributed by atoms with E-state index in [2.05, 4.69) is 5.32 Å². The van der Waals surface area contributed by atoms with Crippen molar-refractivity contribution in [2.24, 2.45) is 0 Å². The highest BCUT2D eigenvalue weighted by atomic mass is 35.5. The first-order chi connectivity index (χ1) is 10.3. The molecule has 0 spiro atoms. The number of carbonyl (C=O) groups excluding carboxylic acids is 1. The molecule has 0 aliphatic rings. The van der Waals surface area contributed by atoms with Gasteiger partial charge < -0.3 is 5.32 Å². The van der Waals surface area contributed by atoms with E-state index in [0.29, 0.717) is 10.7 Å². The molecule has 5 nitrogen and oxygen atoms in total. The summed E-state index contributed by atoms with van der Waals surface area (Å²) >= 11 is 6.25. The number of anilines is 1. The molecule has 0 radical (unpaired) electrons. The average molecular weight is 361 g/mol. The molecule has 130 valence electrons. The highest BCUT2D eigenvalue weighted by Gasteiger charge is 2.24. The average Bonchev–Trinajstić information content (AvgIpc) is 2.27. The fourth-order valence-corrected chi connectivity index (χ4v) is 3.82. The Balaban J connectivity index is 3.08. The van der Waals surface area contributed by atoms with Crippen LogP contribution in [0.2, 0.25) is 5.02 Å². The minimum Gasteiger partial charge on any atom is -0.351 e. The van der Waals surface area contributed by atoms with Gasteiger partial charge in [0.25, 0.3) is 0 Å². The van der Waals surface area contributed by atoms with Crippen molar-refractivity contribution in [3.8, 4) is 0 Å². The van der Waals surface area contributed by atoms with Crippen LogP contribution in [0.3, 0.4) is 0 Å². The standard InChI is InChI=1S/C16H25ClN2O3S/c1-11-9-12(2)15(13(17)10-11)19(23(6,21)22)8-7-14(20)18-16(3,4)5/h9-10H,7-8H2,1-6H3,(H,18,20). The second-order valence-corrected chi connectivity index (χ2v) is 9.11. The van der Waals surface area contributed by atoms with E-state index in [0.717, 1.165) is 17.4 Å². The largest absolute Gasteiger partial charge is 0.351 e. The minimum absolute atomic E-state index is 0.0460. The van der Waals surface area contributed by atoms with Gasteiger partial charge in [-0.05, 0) is 51.8 Å². The van der Waals surface area contributed by atoms with Crippen LogP contribution in [0, 0.1) is 13.8 Å². The number of carbonyl (C=O) groups is 1. The topological polar surface area (TPSA) is 66.5 Å². The molecule has 7 heteroatoms. The molecule has 0 aliphatic heterocycles. The maximum atomic E-state index is 12.2. The van der Waals surface area contributed by atoms with Crippen LogP contribution in [0.5, 0.6) is 0 Å². The Labute approximate surface area is 144 Å². The van der Waals surface area contributed by atoms with Crippen LogP contribution in [0.25, 0.3) is 0 Å². The molecule has 0 saturated carbocycles. The lowest BCUT2D eigenvalue weighted by Crippen LogP contribution is -2.42. The number of sulfonamides is 1. The number of hydrogen-bond donors (Lipinski definition) is 1. The Morgan fingerprint density at radius 3 is 2.26 bits per heavy atom. The van der Waals surface area contributed by atoms with Crippen LogP contribution < -0.4 is 9.62 Å². The van der Waals surface area contributed by atoms with Gasteiger partial charge in [0.05, 0.1) is 17.0 Å². The smallest absolute Gasteiger partial charge is 0.232 e. The van der Waals surface area contributed by atoms with Crippen LogP contribution in [0.4, 0.5) is 5.69 Å². The van der Waals surface area contributed by atoms with E-state index in [1.165, 1.54) is 4.31 Å². The molecule has 1 rings (SSSR count). The summed E-state index contributed by atoms with van der Waals surface area (Å²) in [5.74, 6) is -0.202. The van der Waals surface area contributed by atoms with E-state index in [9.17, 15) is 13.2 Å². The Bertz CT molecular complexity index is 671. The molecule has 0 aliphatic carbocycles. The predicted molar refractivity (Wildman–Crippen MR) is 95.6 cm³/mol. The Kier molecular flexibility index (Phi) is 6.10. The Morgan fingerprint density at radius 2 is 1.83 bits per heavy atom. The molecule has 1 amide bonds. The third kappa shape index (κ3) is 6.03. The normalized spacial score (nSPS) is 12.1. The molecular formula is C16H25ClN2O3S. The highest BCUT2D eigenvalue weighted by Crippen LogP contribution is 2.32. The van der Waals surface area contributed by atoms with Gasteiger partial charge in [0.1, 0.15) is 0 Å². The van der Waals surface area contributed by atoms with Crippen molar-refractivity contribution in [3.05, 3.63) is 28.3 Å². The van der Waals surface area contributed by atoms with E-state index in [1.807, 2.05) is 40.7 Å². The molecule has 0 fully saturated rings. The van der Waals surface area contributed by atoms with Gasteiger partial charge in [-0.3, -0.25) is 9.10 Å². The quantitative estimate of drug-likeness (QED) is 0.877. The highest BCUT2D eigenvalue weighted by molar-refractivity contribution is 7.92. The molecule has 23 heavy (non-hydrogen) atoms. The minimum atomic E-state index is -3.55. The zero-order valence-corrected chi connectivity index (χ0v) is 16.1. The number of nitrogens with zero attached hydrogens (tertiary/aromatic N) is 1. The monoisotopic (exact) mass is 360 g/mol. The summed E-state index contributed by atoms with van der Waals surface area (Å²) in [6.45, 7) is 9.37. The molecule has 0 unspecified atom stereocenters. The maximum Gasteiger partial charge on any atom is 0.232 e. The molecule has 0 atom stereocenters. The first kappa shape index (κ1) is 19.8. The van der Waals surface area contributed by atoms with Crippen molar-refractivity contribution in [1.29, 1.82) is 0 Å². The zero-order chi connectivity index (χ0) is 18.0. The van der Waals surface area contributed by atoms with Crippen molar-refractivity contribution in [2.45, 2.75) is 46.6 Å². The van der Waals surface area contributed by atoms with Crippen molar-refractivity contribution in [1.82, 2.24) is 5.32 Å². The third-order valence-corrected chi connectivity index (χ3v) is 4.56. The molecule has 0 aromatic heterocycles. The first-order valence-electron chi connectivity index (χ1n) is 7.37. The van der Waals surface area contributed by atoms with Crippen molar-refractivity contribution < 1.29 is 13.2 Å². The lowest BCUT2D eigenvalue weighted by Gasteiger charge is -2.26. The number of rotatable bonds is 5. The lowest BCUT2D eigenvalue weighted by atomic mass is 10.1. The fourth-order valence-electron chi connectivity index (χ4n) is 2.35. The summed E-state index contributed by atoms with van der Waals surface area (Å²) in [6, 6.07) is 3.59. The van der Waals surface area contributed by atoms with Crippen LogP contribution in [-0.4, -0.2) is 32.7 Å². The summed E-state index contributed by atoms with van der Waals surface area (Å²) in [4.78, 5) is 12.0. The first-order valence-corrected chi connectivity index (χ1v) is 9.59. The fraction of sp³-hybridized carbons (Fsp3) is 0.562. The summed E-state index contributed by atoms with van der Waals surface area (Å²) in [6.07, 6.45) is 1.18. The lowest BCUT2D eigenvalue weighted by molar-refractivity contribution is -0.122. The predicted octanol–water partition coefficient (Wildman–Crippen LogP) is 3.03. The van der Waals surface area contributed by atoms with Gasteiger partial charge in [-0.2, -0.15) is 0 Å². The maximum absolute atomic E-state index is 12.2. The molecule has 1 N–H and O–H groups in total. The van der Waals surface area contributed by atoms with Gasteiger partial charge in [0.2, 0.25) is 15.9 Å². The van der Waals surface area contributed by atoms with Crippen molar-refractivity contribution in [3.63, 3.8) is 0 Å². The van der Waals surface area contributed by atoms with Crippen molar-refractivity contribution in [2.75, 3.05) is 17.1 Å². The SMILES string of the molecule is Cc1cc(C)c(N(CCC(=O)NC(C)(C)C)S(C)(=O)=O)c(Cl)c1. The zero-order valence-electron chi connectivity index (χ0n) is 14.5. The van der Waals surface area contributed by atoms with E-state index < -0.39 is 10.0 Å². The van der Waals surface area contributed by atoms with Crippen LogP contribution in [0.1, 0.15) is 38.3 Å². The van der Waals surface area contributed by atoms with E-state index >= 15 is 0 Å². The van der Waals surface area contributed by atoms with Gasteiger partial charge >= 0.3 is 0 Å². The summed E-state index contributed by atoms with van der Waals surface area (Å²) in [5.41, 5.74) is 1.79. The van der Waals surface area contributed by atoms with Gasteiger partial charge in [-0.25, -0.2) is 8.42 Å². The van der Waals surface area contributed by atoms with Crippen LogP contribution >= 0.6 is 11.6 Å². The summed E-state index contributed by atoms with van der Waals surface area (Å²) < 4.78 is 25.5. The molecule has 0 bridgehead atoms. The number of halogens is 1. The van der Waals surface area contributed by atoms with E-state index in [4.69, 9.17) is 11.6 Å². The van der Waals surface area contributed by atoms with E-state index in [-0.39, 0.29) is 24.4 Å². The molecule has 0 saturated heterocycles. The molecular weight excluding hydrogens is 336 g/mol. The van der Waals surface area contributed by atoms with Crippen LogP contribution in [-0.2, 0) is 14.8 Å². The number of aryl methyl sites for hydroxylation is 2. The summed E-state index contributed by atoms with van der Waals surface area (Å²) in [5, 5.41) is 3.19. The molecule has 0 heterocycles. The molecule has 1 aromatic rings. The second kappa shape index (κ2) is 7.09. The van der Waals surface area contributed by atoms with Gasteiger partial charge in [0, 0.05) is 18.5 Å². The van der Waals surface area contributed by atoms with Gasteiger partial charge in [-0.15, -0.1) is 0 Å². The van der Waals surface area contributed by atoms with Crippen molar-refractivity contribution >= 4 is 33.2 Å². The third-order valence-electron chi connectivity index (χ3n) is 3.10.